The number of hydrogen-bond acceptors (Lipinski definition) is 7. The second-order valence-corrected chi connectivity index (χ2v) is 6.56. The van der Waals surface area contributed by atoms with Crippen LogP contribution in [0.1, 0.15) is 18.3 Å². The zero-order chi connectivity index (χ0) is 13.8. The summed E-state index contributed by atoms with van der Waals surface area (Å²) in [4.78, 5) is 10.6. The monoisotopic (exact) mass is 298 g/mol. The van der Waals surface area contributed by atoms with E-state index in [1.54, 1.807) is 29.7 Å². The van der Waals surface area contributed by atoms with Crippen LogP contribution in [-0.2, 0) is 6.54 Å². The third-order valence-electron chi connectivity index (χ3n) is 2.83. The number of anilines is 1. The molecule has 1 aliphatic heterocycles. The first kappa shape index (κ1) is 14.5. The summed E-state index contributed by atoms with van der Waals surface area (Å²) in [6, 6.07) is 0. The fraction of sp³-hybridized carbons (Fsp3) is 0.500. The molecular formula is C12H18N4OS2. The highest BCUT2D eigenvalue weighted by atomic mass is 32.2. The Morgan fingerprint density at radius 3 is 3.00 bits per heavy atom. The Labute approximate surface area is 121 Å². The Hall–Kier alpha value is -0.920. The number of aromatic nitrogens is 2. The molecule has 2 heterocycles. The third-order valence-corrected chi connectivity index (χ3v) is 5.48. The van der Waals surface area contributed by atoms with Gasteiger partial charge in [-0.25, -0.2) is 9.97 Å². The van der Waals surface area contributed by atoms with Crippen LogP contribution in [0.3, 0.4) is 0 Å². The summed E-state index contributed by atoms with van der Waals surface area (Å²) in [5.74, 6) is 2.90. The molecule has 3 N–H and O–H groups in total. The van der Waals surface area contributed by atoms with Gasteiger partial charge in [0.2, 0.25) is 0 Å². The molecule has 0 unspecified atom stereocenters. The Balaban J connectivity index is 2.06. The van der Waals surface area contributed by atoms with E-state index in [1.165, 1.54) is 9.93 Å². The van der Waals surface area contributed by atoms with Crippen LogP contribution >= 0.6 is 23.5 Å². The van der Waals surface area contributed by atoms with E-state index in [4.69, 9.17) is 10.8 Å². The van der Waals surface area contributed by atoms with Gasteiger partial charge in [-0.1, -0.05) is 11.8 Å². The number of hydrogen-bond donors (Lipinski definition) is 2. The van der Waals surface area contributed by atoms with Gasteiger partial charge in [0.1, 0.15) is 11.6 Å². The normalized spacial score (nSPS) is 15.4. The Morgan fingerprint density at radius 2 is 2.32 bits per heavy atom. The van der Waals surface area contributed by atoms with Crippen LogP contribution in [0.25, 0.3) is 0 Å². The predicted molar refractivity (Wildman–Crippen MR) is 81.4 cm³/mol. The number of nitrogens with two attached hydrogens (primary N) is 1. The number of aryl methyl sites for hydroxylation is 1. The molecule has 19 heavy (non-hydrogen) atoms. The van der Waals surface area contributed by atoms with Gasteiger partial charge >= 0.3 is 0 Å². The zero-order valence-electron chi connectivity index (χ0n) is 11.1. The van der Waals surface area contributed by atoms with Crippen LogP contribution in [0.15, 0.2) is 16.1 Å². The average Bonchev–Trinajstić information content (AvgIpc) is 2.72. The smallest absolute Gasteiger partial charge is 0.132 e. The van der Waals surface area contributed by atoms with E-state index in [0.29, 0.717) is 11.6 Å². The fourth-order valence-corrected chi connectivity index (χ4v) is 4.01. The van der Waals surface area contributed by atoms with E-state index < -0.39 is 0 Å². The largest absolute Gasteiger partial charge is 0.396 e. The summed E-state index contributed by atoms with van der Waals surface area (Å²) in [7, 11) is 0. The van der Waals surface area contributed by atoms with Crippen molar-refractivity contribution in [1.82, 2.24) is 14.9 Å². The fourth-order valence-electron chi connectivity index (χ4n) is 1.76. The molecule has 0 amide bonds. The molecule has 0 spiro atoms. The maximum absolute atomic E-state index is 8.88. The van der Waals surface area contributed by atoms with Gasteiger partial charge in [0, 0.05) is 29.8 Å². The Morgan fingerprint density at radius 1 is 1.53 bits per heavy atom. The number of thioether (sulfide) groups is 2. The highest BCUT2D eigenvalue weighted by molar-refractivity contribution is 8.22. The number of nitrogens with zero attached hydrogens (tertiary/aromatic N) is 3. The predicted octanol–water partition coefficient (Wildman–Crippen LogP) is 1.79. The summed E-state index contributed by atoms with van der Waals surface area (Å²) in [6.45, 7) is 4.88. The molecule has 5 nitrogen and oxygen atoms in total. The van der Waals surface area contributed by atoms with Crippen LogP contribution in [0.2, 0.25) is 0 Å². The van der Waals surface area contributed by atoms with Crippen LogP contribution in [0, 0.1) is 6.92 Å². The van der Waals surface area contributed by atoms with Gasteiger partial charge < -0.3 is 15.7 Å². The van der Waals surface area contributed by atoms with E-state index in [9.17, 15) is 0 Å². The minimum Gasteiger partial charge on any atom is -0.396 e. The number of allylic oxidation sites excluding steroid dienone is 1. The van der Waals surface area contributed by atoms with Crippen LogP contribution in [-0.4, -0.2) is 38.2 Å². The molecule has 1 aromatic rings. The molecule has 0 aliphatic carbocycles. The second kappa shape index (κ2) is 6.49. The molecule has 0 atom stereocenters. The van der Waals surface area contributed by atoms with Crippen molar-refractivity contribution in [3.63, 3.8) is 0 Å². The van der Waals surface area contributed by atoms with Gasteiger partial charge in [-0.2, -0.15) is 0 Å². The lowest BCUT2D eigenvalue weighted by atomic mass is 10.3. The first-order chi connectivity index (χ1) is 9.11. The van der Waals surface area contributed by atoms with Crippen molar-refractivity contribution in [2.45, 2.75) is 20.4 Å². The van der Waals surface area contributed by atoms with Crippen LogP contribution in [0.4, 0.5) is 5.82 Å². The van der Waals surface area contributed by atoms with Gasteiger partial charge in [-0.05, 0) is 13.8 Å². The number of aliphatic hydroxyl groups is 1. The molecule has 7 heteroatoms. The minimum absolute atomic E-state index is 0.209. The number of rotatable bonds is 5. The highest BCUT2D eigenvalue weighted by Gasteiger charge is 2.21. The first-order valence-electron chi connectivity index (χ1n) is 6.02. The number of nitrogen functional groups attached to an aromatic ring is 1. The molecule has 2 rings (SSSR count). The second-order valence-electron chi connectivity index (χ2n) is 4.24. The minimum atomic E-state index is 0.209. The van der Waals surface area contributed by atoms with Gasteiger partial charge in [0.05, 0.1) is 16.7 Å². The maximum Gasteiger partial charge on any atom is 0.132 e. The summed E-state index contributed by atoms with van der Waals surface area (Å²) in [5, 5.41) is 8.88. The van der Waals surface area contributed by atoms with Crippen LogP contribution in [0.5, 0.6) is 0 Å². The molecule has 0 aromatic carbocycles. The van der Waals surface area contributed by atoms with Crippen molar-refractivity contribution in [1.29, 1.82) is 0 Å². The lowest BCUT2D eigenvalue weighted by Crippen LogP contribution is -2.18. The molecule has 0 radical (unpaired) electrons. The Kier molecular flexibility index (Phi) is 4.95. The summed E-state index contributed by atoms with van der Waals surface area (Å²) in [5.41, 5.74) is 8.12. The highest BCUT2D eigenvalue weighted by Crippen LogP contribution is 2.40. The van der Waals surface area contributed by atoms with Crippen molar-refractivity contribution in [2.24, 2.45) is 0 Å². The van der Waals surface area contributed by atoms with Gasteiger partial charge in [-0.3, -0.25) is 0 Å². The van der Waals surface area contributed by atoms with E-state index in [-0.39, 0.29) is 6.61 Å². The van der Waals surface area contributed by atoms with Crippen molar-refractivity contribution in [2.75, 3.05) is 24.0 Å². The van der Waals surface area contributed by atoms with Gasteiger partial charge in [0.15, 0.2) is 0 Å². The molecule has 1 aromatic heterocycles. The third kappa shape index (κ3) is 3.55. The lowest BCUT2D eigenvalue weighted by Gasteiger charge is -2.19. The Bertz CT molecular complexity index is 493. The quantitative estimate of drug-likeness (QED) is 0.858. The molecule has 0 fully saturated rings. The molecule has 0 saturated heterocycles. The lowest BCUT2D eigenvalue weighted by molar-refractivity contribution is 0.322. The summed E-state index contributed by atoms with van der Waals surface area (Å²) in [6.07, 6.45) is 1.80. The van der Waals surface area contributed by atoms with Crippen molar-refractivity contribution in [3.05, 3.63) is 27.5 Å². The van der Waals surface area contributed by atoms with E-state index in [0.717, 1.165) is 23.7 Å². The van der Waals surface area contributed by atoms with Crippen molar-refractivity contribution < 1.29 is 5.11 Å². The van der Waals surface area contributed by atoms with Crippen molar-refractivity contribution >= 4 is 29.3 Å². The SMILES string of the molecule is CC1=C(SCCO)SCN1Cc1cnc(C)nc1N. The van der Waals surface area contributed by atoms with Gasteiger partial charge in [0.25, 0.3) is 0 Å². The van der Waals surface area contributed by atoms with E-state index in [1.807, 2.05) is 6.92 Å². The van der Waals surface area contributed by atoms with Gasteiger partial charge in [-0.15, -0.1) is 11.8 Å². The zero-order valence-corrected chi connectivity index (χ0v) is 12.7. The molecular weight excluding hydrogens is 280 g/mol. The summed E-state index contributed by atoms with van der Waals surface area (Å²) >= 11 is 3.50. The molecule has 1 aliphatic rings. The molecule has 104 valence electrons. The van der Waals surface area contributed by atoms with E-state index in [2.05, 4.69) is 21.8 Å². The molecule has 0 saturated carbocycles. The first-order valence-corrected chi connectivity index (χ1v) is 7.99. The number of aliphatic hydroxyl groups excluding tert-OH is 1. The molecule has 0 bridgehead atoms. The summed E-state index contributed by atoms with van der Waals surface area (Å²) < 4.78 is 1.28. The van der Waals surface area contributed by atoms with Crippen LogP contribution < -0.4 is 5.73 Å². The van der Waals surface area contributed by atoms with Crippen molar-refractivity contribution in [3.8, 4) is 0 Å². The average molecular weight is 298 g/mol. The standard InChI is InChI=1S/C12H18N4OS2/c1-8-12(18-4-3-17)19-7-16(8)6-10-5-14-9(2)15-11(10)13/h5,17H,3-4,6-7H2,1-2H3,(H2,13,14,15). The maximum atomic E-state index is 8.88. The topological polar surface area (TPSA) is 75.3 Å². The van der Waals surface area contributed by atoms with E-state index >= 15 is 0 Å².